The second-order valence-electron chi connectivity index (χ2n) is 4.80. The fourth-order valence-electron chi connectivity index (χ4n) is 1.97. The van der Waals surface area contributed by atoms with Crippen LogP contribution in [-0.4, -0.2) is 31.3 Å². The molecule has 2 N–H and O–H groups in total. The van der Waals surface area contributed by atoms with Crippen LogP contribution in [0.5, 0.6) is 0 Å². The molecule has 0 fully saturated rings. The molecule has 0 aliphatic carbocycles. The molecule has 0 saturated heterocycles. The highest BCUT2D eigenvalue weighted by Crippen LogP contribution is 2.18. The van der Waals surface area contributed by atoms with Crippen molar-refractivity contribution in [2.24, 2.45) is 5.73 Å². The maximum absolute atomic E-state index is 12.5. The molecule has 0 amide bonds. The van der Waals surface area contributed by atoms with Crippen LogP contribution in [0, 0.1) is 6.92 Å². The number of aromatic nitrogens is 1. The normalized spacial score (nSPS) is 12.0. The molecule has 2 aromatic rings. The van der Waals surface area contributed by atoms with E-state index in [1.165, 1.54) is 15.6 Å². The van der Waals surface area contributed by atoms with Crippen LogP contribution in [0.2, 0.25) is 0 Å². The quantitative estimate of drug-likeness (QED) is 0.878. The van der Waals surface area contributed by atoms with Gasteiger partial charge < -0.3 is 5.73 Å². The Labute approximate surface area is 129 Å². The molecule has 0 unspecified atom stereocenters. The molecule has 0 saturated carbocycles. The van der Waals surface area contributed by atoms with Crippen molar-refractivity contribution in [3.8, 4) is 0 Å². The summed E-state index contributed by atoms with van der Waals surface area (Å²) in [6, 6.07) is 6.87. The highest BCUT2D eigenvalue weighted by molar-refractivity contribution is 7.89. The smallest absolute Gasteiger partial charge is 0.243 e. The highest BCUT2D eigenvalue weighted by atomic mass is 32.2. The van der Waals surface area contributed by atoms with Gasteiger partial charge in [-0.2, -0.15) is 4.31 Å². The van der Waals surface area contributed by atoms with E-state index >= 15 is 0 Å². The van der Waals surface area contributed by atoms with Gasteiger partial charge in [0.15, 0.2) is 0 Å². The molecule has 2 rings (SSSR count). The van der Waals surface area contributed by atoms with Crippen LogP contribution in [-0.2, 0) is 23.0 Å². The van der Waals surface area contributed by atoms with Gasteiger partial charge in [-0.05, 0) is 37.6 Å². The van der Waals surface area contributed by atoms with E-state index in [0.717, 1.165) is 22.7 Å². The molecule has 1 heterocycles. The Morgan fingerprint density at radius 1 is 1.29 bits per heavy atom. The van der Waals surface area contributed by atoms with Gasteiger partial charge in [0.05, 0.1) is 22.1 Å². The first-order chi connectivity index (χ1) is 9.93. The number of nitrogens with two attached hydrogens (primary N) is 1. The van der Waals surface area contributed by atoms with Crippen molar-refractivity contribution in [1.29, 1.82) is 0 Å². The first-order valence-corrected chi connectivity index (χ1v) is 8.92. The maximum atomic E-state index is 12.5. The summed E-state index contributed by atoms with van der Waals surface area (Å²) >= 11 is 1.52. The van der Waals surface area contributed by atoms with Crippen molar-refractivity contribution < 1.29 is 8.42 Å². The fourth-order valence-corrected chi connectivity index (χ4v) is 3.71. The number of benzene rings is 1. The molecule has 114 valence electrons. The zero-order chi connectivity index (χ0) is 15.5. The minimum Gasteiger partial charge on any atom is -0.330 e. The van der Waals surface area contributed by atoms with Crippen LogP contribution in [0.1, 0.15) is 16.3 Å². The number of aryl methyl sites for hydroxylation is 1. The van der Waals surface area contributed by atoms with Gasteiger partial charge in [0.1, 0.15) is 0 Å². The fraction of sp³-hybridized carbons (Fsp3) is 0.357. The molecule has 1 aromatic carbocycles. The minimum absolute atomic E-state index is 0.275. The van der Waals surface area contributed by atoms with Crippen LogP contribution in [0.3, 0.4) is 0 Å². The third kappa shape index (κ3) is 3.88. The molecule has 21 heavy (non-hydrogen) atoms. The van der Waals surface area contributed by atoms with E-state index < -0.39 is 10.0 Å². The Morgan fingerprint density at radius 2 is 1.95 bits per heavy atom. The molecule has 7 heteroatoms. The molecular formula is C14H19N3O2S2. The van der Waals surface area contributed by atoms with Crippen molar-refractivity contribution in [1.82, 2.24) is 9.29 Å². The van der Waals surface area contributed by atoms with E-state index in [1.54, 1.807) is 31.3 Å². The van der Waals surface area contributed by atoms with E-state index in [4.69, 9.17) is 5.73 Å². The molecule has 0 bridgehead atoms. The average molecular weight is 325 g/mol. The van der Waals surface area contributed by atoms with Gasteiger partial charge in [0.2, 0.25) is 10.0 Å². The van der Waals surface area contributed by atoms with Gasteiger partial charge in [0.25, 0.3) is 0 Å². The van der Waals surface area contributed by atoms with E-state index in [0.29, 0.717) is 6.54 Å². The van der Waals surface area contributed by atoms with Crippen LogP contribution < -0.4 is 5.73 Å². The summed E-state index contributed by atoms with van der Waals surface area (Å²) in [5.41, 5.74) is 7.29. The van der Waals surface area contributed by atoms with Crippen LogP contribution in [0.15, 0.2) is 34.5 Å². The standard InChI is InChI=1S/C14H19N3O2S2/c1-11-16-13(10-20-11)9-17(2)21(18,19)14-5-3-12(4-6-14)7-8-15/h3-6,10H,7-9,15H2,1-2H3. The lowest BCUT2D eigenvalue weighted by Crippen LogP contribution is -2.26. The van der Waals surface area contributed by atoms with Crippen LogP contribution in [0.25, 0.3) is 0 Å². The van der Waals surface area contributed by atoms with Gasteiger partial charge in [-0.3, -0.25) is 0 Å². The number of nitrogens with zero attached hydrogens (tertiary/aromatic N) is 2. The molecule has 1 aromatic heterocycles. The van der Waals surface area contributed by atoms with Gasteiger partial charge in [-0.25, -0.2) is 13.4 Å². The van der Waals surface area contributed by atoms with Gasteiger partial charge in [-0.15, -0.1) is 11.3 Å². The lowest BCUT2D eigenvalue weighted by molar-refractivity contribution is 0.463. The monoisotopic (exact) mass is 325 g/mol. The largest absolute Gasteiger partial charge is 0.330 e. The number of sulfonamides is 1. The summed E-state index contributed by atoms with van der Waals surface area (Å²) in [4.78, 5) is 4.58. The Hall–Kier alpha value is -1.28. The van der Waals surface area contributed by atoms with Crippen molar-refractivity contribution in [3.63, 3.8) is 0 Å². The van der Waals surface area contributed by atoms with Crippen molar-refractivity contribution in [2.45, 2.75) is 24.8 Å². The number of thiazole rings is 1. The Kier molecular flexibility index (Phi) is 5.10. The molecule has 0 aliphatic heterocycles. The van der Waals surface area contributed by atoms with Gasteiger partial charge >= 0.3 is 0 Å². The van der Waals surface area contributed by atoms with Gasteiger partial charge in [-0.1, -0.05) is 12.1 Å². The molecule has 0 aliphatic rings. The zero-order valence-corrected chi connectivity index (χ0v) is 13.7. The number of hydrogen-bond acceptors (Lipinski definition) is 5. The van der Waals surface area contributed by atoms with Crippen LogP contribution in [0.4, 0.5) is 0 Å². The number of hydrogen-bond donors (Lipinski definition) is 1. The summed E-state index contributed by atoms with van der Waals surface area (Å²) < 4.78 is 26.3. The predicted octanol–water partition coefficient (Wildman–Crippen LogP) is 1.77. The molecule has 0 spiro atoms. The summed E-state index contributed by atoms with van der Waals surface area (Å²) in [6.45, 7) is 2.73. The van der Waals surface area contributed by atoms with Crippen molar-refractivity contribution in [3.05, 3.63) is 45.9 Å². The molecule has 0 radical (unpaired) electrons. The van der Waals surface area contributed by atoms with E-state index in [2.05, 4.69) is 4.98 Å². The number of rotatable bonds is 6. The third-order valence-electron chi connectivity index (χ3n) is 3.12. The molecule has 0 atom stereocenters. The van der Waals surface area contributed by atoms with Crippen molar-refractivity contribution >= 4 is 21.4 Å². The highest BCUT2D eigenvalue weighted by Gasteiger charge is 2.21. The topological polar surface area (TPSA) is 76.3 Å². The summed E-state index contributed by atoms with van der Waals surface area (Å²) in [5, 5.41) is 2.81. The summed E-state index contributed by atoms with van der Waals surface area (Å²) in [6.07, 6.45) is 0.744. The Bertz CT molecular complexity index is 693. The zero-order valence-electron chi connectivity index (χ0n) is 12.1. The van der Waals surface area contributed by atoms with Crippen LogP contribution >= 0.6 is 11.3 Å². The Balaban J connectivity index is 2.16. The second-order valence-corrected chi connectivity index (χ2v) is 7.91. The SMILES string of the molecule is Cc1nc(CN(C)S(=O)(=O)c2ccc(CCN)cc2)cs1. The molecule has 5 nitrogen and oxygen atoms in total. The molecular weight excluding hydrogens is 306 g/mol. The first-order valence-electron chi connectivity index (χ1n) is 6.60. The lowest BCUT2D eigenvalue weighted by atomic mass is 10.2. The lowest BCUT2D eigenvalue weighted by Gasteiger charge is -2.16. The minimum atomic E-state index is -3.49. The third-order valence-corrected chi connectivity index (χ3v) is 5.76. The predicted molar refractivity (Wildman–Crippen MR) is 84.7 cm³/mol. The summed E-state index contributed by atoms with van der Waals surface area (Å²) in [7, 11) is -1.93. The maximum Gasteiger partial charge on any atom is 0.243 e. The van der Waals surface area contributed by atoms with E-state index in [-0.39, 0.29) is 11.4 Å². The second kappa shape index (κ2) is 6.65. The first kappa shape index (κ1) is 16.1. The Morgan fingerprint density at radius 3 is 2.48 bits per heavy atom. The summed E-state index contributed by atoms with van der Waals surface area (Å²) in [5.74, 6) is 0. The average Bonchev–Trinajstić information content (AvgIpc) is 2.85. The van der Waals surface area contributed by atoms with Gasteiger partial charge in [0, 0.05) is 12.4 Å². The van der Waals surface area contributed by atoms with E-state index in [9.17, 15) is 8.42 Å². The van der Waals surface area contributed by atoms with Crippen molar-refractivity contribution in [2.75, 3.05) is 13.6 Å². The van der Waals surface area contributed by atoms with E-state index in [1.807, 2.05) is 12.3 Å².